The zero-order valence-electron chi connectivity index (χ0n) is 9.88. The number of hydrogen-bond acceptors (Lipinski definition) is 1. The number of hydrogen-bond donors (Lipinski definition) is 0. The minimum atomic E-state index is 0.734. The van der Waals surface area contributed by atoms with Crippen molar-refractivity contribution < 1.29 is 0 Å². The van der Waals surface area contributed by atoms with Crippen LogP contribution in [0.3, 0.4) is 0 Å². The third-order valence-electron chi connectivity index (χ3n) is 3.63. The molecule has 1 aliphatic heterocycles. The van der Waals surface area contributed by atoms with E-state index < -0.39 is 0 Å². The standard InChI is InChI=1S/C12H25N/c1-6-11-7-13(10(4)5)8-12(11)9(2)3/h9-12H,6-8H2,1-5H3. The van der Waals surface area contributed by atoms with Gasteiger partial charge in [-0.25, -0.2) is 0 Å². The maximum Gasteiger partial charge on any atom is 0.00388 e. The maximum atomic E-state index is 2.64. The van der Waals surface area contributed by atoms with E-state index in [9.17, 15) is 0 Å². The molecule has 1 fully saturated rings. The van der Waals surface area contributed by atoms with Crippen LogP contribution in [0.4, 0.5) is 0 Å². The van der Waals surface area contributed by atoms with Gasteiger partial charge < -0.3 is 4.90 Å². The molecule has 1 saturated heterocycles. The fraction of sp³-hybridized carbons (Fsp3) is 1.00. The van der Waals surface area contributed by atoms with Crippen LogP contribution in [0.5, 0.6) is 0 Å². The molecule has 1 heteroatoms. The van der Waals surface area contributed by atoms with Crippen LogP contribution in [0, 0.1) is 17.8 Å². The molecule has 0 amide bonds. The second kappa shape index (κ2) is 4.45. The van der Waals surface area contributed by atoms with Gasteiger partial charge in [0.2, 0.25) is 0 Å². The summed E-state index contributed by atoms with van der Waals surface area (Å²) >= 11 is 0. The van der Waals surface area contributed by atoms with Crippen LogP contribution in [0.15, 0.2) is 0 Å². The molecule has 1 rings (SSSR count). The van der Waals surface area contributed by atoms with Crippen LogP contribution in [-0.4, -0.2) is 24.0 Å². The summed E-state index contributed by atoms with van der Waals surface area (Å²) in [6.07, 6.45) is 1.35. The van der Waals surface area contributed by atoms with Gasteiger partial charge in [0, 0.05) is 19.1 Å². The van der Waals surface area contributed by atoms with Gasteiger partial charge in [-0.15, -0.1) is 0 Å². The van der Waals surface area contributed by atoms with Gasteiger partial charge in [0.05, 0.1) is 0 Å². The Kier molecular flexibility index (Phi) is 3.78. The first-order valence-electron chi connectivity index (χ1n) is 5.80. The molecule has 0 aromatic carbocycles. The minimum Gasteiger partial charge on any atom is -0.300 e. The third kappa shape index (κ3) is 2.46. The third-order valence-corrected chi connectivity index (χ3v) is 3.63. The molecule has 0 aliphatic carbocycles. The molecule has 0 saturated carbocycles. The van der Waals surface area contributed by atoms with E-state index >= 15 is 0 Å². The average Bonchev–Trinajstić information content (AvgIpc) is 2.47. The Bertz CT molecular complexity index is 151. The van der Waals surface area contributed by atoms with Crippen LogP contribution in [0.2, 0.25) is 0 Å². The van der Waals surface area contributed by atoms with Gasteiger partial charge in [0.15, 0.2) is 0 Å². The predicted octanol–water partition coefficient (Wildman–Crippen LogP) is 3.01. The highest BCUT2D eigenvalue weighted by molar-refractivity contribution is 4.86. The summed E-state index contributed by atoms with van der Waals surface area (Å²) < 4.78 is 0. The Morgan fingerprint density at radius 1 is 1.15 bits per heavy atom. The van der Waals surface area contributed by atoms with Gasteiger partial charge in [-0.1, -0.05) is 27.2 Å². The van der Waals surface area contributed by atoms with Crippen molar-refractivity contribution in [2.24, 2.45) is 17.8 Å². The van der Waals surface area contributed by atoms with Crippen molar-refractivity contribution in [3.63, 3.8) is 0 Å². The zero-order chi connectivity index (χ0) is 10.0. The lowest BCUT2D eigenvalue weighted by Gasteiger charge is -2.21. The quantitative estimate of drug-likeness (QED) is 0.650. The van der Waals surface area contributed by atoms with Gasteiger partial charge in [0.25, 0.3) is 0 Å². The summed E-state index contributed by atoms with van der Waals surface area (Å²) in [7, 11) is 0. The Balaban J connectivity index is 2.56. The monoisotopic (exact) mass is 183 g/mol. The number of nitrogens with zero attached hydrogens (tertiary/aromatic N) is 1. The molecule has 0 N–H and O–H groups in total. The normalized spacial score (nSPS) is 30.7. The van der Waals surface area contributed by atoms with Crippen molar-refractivity contribution in [1.29, 1.82) is 0 Å². The lowest BCUT2D eigenvalue weighted by atomic mass is 9.85. The van der Waals surface area contributed by atoms with Crippen molar-refractivity contribution in [3.05, 3.63) is 0 Å². The highest BCUT2D eigenvalue weighted by Crippen LogP contribution is 2.32. The van der Waals surface area contributed by atoms with Crippen molar-refractivity contribution in [2.45, 2.75) is 47.1 Å². The van der Waals surface area contributed by atoms with Gasteiger partial charge in [-0.05, 0) is 31.6 Å². The molecule has 0 aromatic heterocycles. The second-order valence-electron chi connectivity index (χ2n) is 5.12. The molecular formula is C12H25N. The maximum absolute atomic E-state index is 2.64. The summed E-state index contributed by atoms with van der Waals surface area (Å²) in [5.41, 5.74) is 0. The number of likely N-dealkylation sites (tertiary alicyclic amines) is 1. The molecule has 0 radical (unpaired) electrons. The summed E-state index contributed by atoms with van der Waals surface area (Å²) in [5, 5.41) is 0. The summed E-state index contributed by atoms with van der Waals surface area (Å²) in [6.45, 7) is 14.4. The predicted molar refractivity (Wildman–Crippen MR) is 58.8 cm³/mol. The Hall–Kier alpha value is -0.0400. The lowest BCUT2D eigenvalue weighted by molar-refractivity contribution is 0.253. The topological polar surface area (TPSA) is 3.24 Å². The molecule has 2 unspecified atom stereocenters. The van der Waals surface area contributed by atoms with Crippen LogP contribution in [0.25, 0.3) is 0 Å². The van der Waals surface area contributed by atoms with Crippen LogP contribution >= 0.6 is 0 Å². The molecule has 1 nitrogen and oxygen atoms in total. The SMILES string of the molecule is CCC1CN(C(C)C)CC1C(C)C. The fourth-order valence-electron chi connectivity index (χ4n) is 2.54. The van der Waals surface area contributed by atoms with E-state index in [2.05, 4.69) is 39.5 Å². The van der Waals surface area contributed by atoms with Crippen molar-refractivity contribution in [3.8, 4) is 0 Å². The van der Waals surface area contributed by atoms with Gasteiger partial charge >= 0.3 is 0 Å². The summed E-state index contributed by atoms with van der Waals surface area (Å²) in [4.78, 5) is 2.64. The van der Waals surface area contributed by atoms with Gasteiger partial charge in [-0.3, -0.25) is 0 Å². The van der Waals surface area contributed by atoms with Crippen LogP contribution < -0.4 is 0 Å². The Labute approximate surface area is 83.5 Å². The highest BCUT2D eigenvalue weighted by Gasteiger charge is 2.33. The van der Waals surface area contributed by atoms with Crippen molar-refractivity contribution in [1.82, 2.24) is 4.90 Å². The first-order chi connectivity index (χ1) is 6.06. The van der Waals surface area contributed by atoms with E-state index in [1.807, 2.05) is 0 Å². The number of rotatable bonds is 3. The van der Waals surface area contributed by atoms with E-state index in [-0.39, 0.29) is 0 Å². The fourth-order valence-corrected chi connectivity index (χ4v) is 2.54. The minimum absolute atomic E-state index is 0.734. The Morgan fingerprint density at radius 2 is 1.77 bits per heavy atom. The average molecular weight is 183 g/mol. The summed E-state index contributed by atoms with van der Waals surface area (Å²) in [5.74, 6) is 2.74. The van der Waals surface area contributed by atoms with Crippen LogP contribution in [-0.2, 0) is 0 Å². The molecule has 0 aromatic rings. The van der Waals surface area contributed by atoms with E-state index in [0.29, 0.717) is 0 Å². The van der Waals surface area contributed by atoms with E-state index in [0.717, 1.165) is 23.8 Å². The van der Waals surface area contributed by atoms with Crippen molar-refractivity contribution in [2.75, 3.05) is 13.1 Å². The second-order valence-corrected chi connectivity index (χ2v) is 5.12. The smallest absolute Gasteiger partial charge is 0.00388 e. The van der Waals surface area contributed by atoms with E-state index in [1.165, 1.54) is 19.5 Å². The Morgan fingerprint density at radius 3 is 2.08 bits per heavy atom. The zero-order valence-corrected chi connectivity index (χ0v) is 9.88. The summed E-state index contributed by atoms with van der Waals surface area (Å²) in [6, 6.07) is 0.734. The molecule has 1 aliphatic rings. The molecule has 78 valence electrons. The van der Waals surface area contributed by atoms with E-state index in [1.54, 1.807) is 0 Å². The first kappa shape index (κ1) is 11.0. The first-order valence-corrected chi connectivity index (χ1v) is 5.80. The molecule has 13 heavy (non-hydrogen) atoms. The van der Waals surface area contributed by atoms with Gasteiger partial charge in [0.1, 0.15) is 0 Å². The van der Waals surface area contributed by atoms with Crippen LogP contribution in [0.1, 0.15) is 41.0 Å². The van der Waals surface area contributed by atoms with E-state index in [4.69, 9.17) is 0 Å². The molecule has 1 heterocycles. The highest BCUT2D eigenvalue weighted by atomic mass is 15.2. The molecule has 0 spiro atoms. The molecule has 2 atom stereocenters. The molecule has 0 bridgehead atoms. The lowest BCUT2D eigenvalue weighted by Crippen LogP contribution is -2.28. The van der Waals surface area contributed by atoms with Crippen molar-refractivity contribution >= 4 is 0 Å². The molecular weight excluding hydrogens is 158 g/mol. The van der Waals surface area contributed by atoms with Gasteiger partial charge in [-0.2, -0.15) is 0 Å². The largest absolute Gasteiger partial charge is 0.300 e.